The first-order chi connectivity index (χ1) is 11.1. The highest BCUT2D eigenvalue weighted by molar-refractivity contribution is 5.78. The topological polar surface area (TPSA) is 29.5 Å². The largest absolute Gasteiger partial charge is 0.378 e. The highest BCUT2D eigenvalue weighted by Gasteiger charge is 2.22. The van der Waals surface area contributed by atoms with Gasteiger partial charge in [0.25, 0.3) is 0 Å². The first-order valence-electron chi connectivity index (χ1n) is 9.62. The van der Waals surface area contributed by atoms with E-state index in [1.54, 1.807) is 0 Å². The van der Waals surface area contributed by atoms with E-state index in [1.807, 2.05) is 4.90 Å². The molecule has 1 rings (SSSR count). The molecule has 3 heteroatoms. The summed E-state index contributed by atoms with van der Waals surface area (Å²) in [4.78, 5) is 14.3. The highest BCUT2D eigenvalue weighted by Crippen LogP contribution is 2.19. The molecule has 2 atom stereocenters. The van der Waals surface area contributed by atoms with Crippen molar-refractivity contribution in [2.45, 2.75) is 72.1 Å². The van der Waals surface area contributed by atoms with Crippen molar-refractivity contribution in [2.75, 3.05) is 26.3 Å². The molecular weight excluding hydrogens is 286 g/mol. The number of rotatable bonds is 11. The minimum atomic E-state index is 0.168. The van der Waals surface area contributed by atoms with Gasteiger partial charge in [-0.3, -0.25) is 4.79 Å². The van der Waals surface area contributed by atoms with E-state index in [-0.39, 0.29) is 5.92 Å². The van der Waals surface area contributed by atoms with Crippen LogP contribution in [0.4, 0.5) is 0 Å². The molecule has 0 aromatic heterocycles. The van der Waals surface area contributed by atoms with Crippen molar-refractivity contribution in [1.29, 1.82) is 0 Å². The van der Waals surface area contributed by atoms with Gasteiger partial charge in [0.15, 0.2) is 0 Å². The van der Waals surface area contributed by atoms with Gasteiger partial charge in [0, 0.05) is 19.0 Å². The van der Waals surface area contributed by atoms with Gasteiger partial charge in [0.2, 0.25) is 5.91 Å². The Morgan fingerprint density at radius 3 is 2.43 bits per heavy atom. The van der Waals surface area contributed by atoms with Crippen molar-refractivity contribution in [2.24, 2.45) is 11.8 Å². The van der Waals surface area contributed by atoms with Gasteiger partial charge in [-0.25, -0.2) is 0 Å². The molecule has 0 bridgehead atoms. The molecule has 0 spiro atoms. The Morgan fingerprint density at radius 2 is 1.74 bits per heavy atom. The predicted molar refractivity (Wildman–Crippen MR) is 97.5 cm³/mol. The lowest BCUT2D eigenvalue weighted by Gasteiger charge is -2.29. The molecule has 23 heavy (non-hydrogen) atoms. The molecule has 0 aromatic rings. The monoisotopic (exact) mass is 323 g/mol. The second-order valence-corrected chi connectivity index (χ2v) is 7.08. The quantitative estimate of drug-likeness (QED) is 0.403. The fourth-order valence-electron chi connectivity index (χ4n) is 3.23. The molecule has 134 valence electrons. The molecule has 0 aliphatic carbocycles. The second-order valence-electron chi connectivity index (χ2n) is 7.08. The van der Waals surface area contributed by atoms with Crippen molar-refractivity contribution in [1.82, 2.24) is 4.90 Å². The normalized spacial score (nSPS) is 18.3. The standard InChI is InChI=1S/C20H37NO2/c1-4-5-6-7-8-9-11-18(2)12-10-13-19(3)20(22)21-14-16-23-17-15-21/h4-5,18-19H,6-17H2,1-3H3. The van der Waals surface area contributed by atoms with E-state index in [9.17, 15) is 4.79 Å². The lowest BCUT2D eigenvalue weighted by Crippen LogP contribution is -2.43. The number of unbranched alkanes of at least 4 members (excludes halogenated alkanes) is 3. The van der Waals surface area contributed by atoms with E-state index in [1.165, 1.54) is 44.9 Å². The SMILES string of the molecule is CC=CCCCCCC(C)CCCC(C)C(=O)N1CCOCC1. The lowest BCUT2D eigenvalue weighted by molar-refractivity contribution is -0.139. The van der Waals surface area contributed by atoms with E-state index < -0.39 is 0 Å². The van der Waals surface area contributed by atoms with Gasteiger partial charge in [-0.1, -0.05) is 58.1 Å². The summed E-state index contributed by atoms with van der Waals surface area (Å²) in [5.74, 6) is 1.29. The van der Waals surface area contributed by atoms with Crippen molar-refractivity contribution in [3.8, 4) is 0 Å². The third-order valence-corrected chi connectivity index (χ3v) is 4.88. The van der Waals surface area contributed by atoms with Crippen molar-refractivity contribution < 1.29 is 9.53 Å². The predicted octanol–water partition coefficient (Wildman–Crippen LogP) is 4.81. The molecule has 1 aliphatic heterocycles. The van der Waals surface area contributed by atoms with Crippen LogP contribution in [0.3, 0.4) is 0 Å². The van der Waals surface area contributed by atoms with Crippen LogP contribution in [-0.2, 0) is 9.53 Å². The molecule has 0 N–H and O–H groups in total. The number of carbonyl (C=O) groups excluding carboxylic acids is 1. The maximum Gasteiger partial charge on any atom is 0.225 e. The molecule has 1 amide bonds. The molecule has 1 fully saturated rings. The van der Waals surface area contributed by atoms with Crippen LogP contribution in [0.25, 0.3) is 0 Å². The lowest BCUT2D eigenvalue weighted by atomic mass is 9.94. The van der Waals surface area contributed by atoms with Crippen LogP contribution in [0.15, 0.2) is 12.2 Å². The Kier molecular flexibility index (Phi) is 11.1. The van der Waals surface area contributed by atoms with E-state index in [4.69, 9.17) is 4.74 Å². The molecule has 0 aromatic carbocycles. The summed E-state index contributed by atoms with van der Waals surface area (Å²) in [6.45, 7) is 9.48. The summed E-state index contributed by atoms with van der Waals surface area (Å²) < 4.78 is 5.31. The molecular formula is C20H37NO2. The first kappa shape index (κ1) is 20.2. The Labute approximate surface area is 143 Å². The first-order valence-corrected chi connectivity index (χ1v) is 9.62. The van der Waals surface area contributed by atoms with Gasteiger partial charge < -0.3 is 9.64 Å². The summed E-state index contributed by atoms with van der Waals surface area (Å²) in [5.41, 5.74) is 0. The van der Waals surface area contributed by atoms with Crippen LogP contribution < -0.4 is 0 Å². The van der Waals surface area contributed by atoms with Crippen LogP contribution in [0.2, 0.25) is 0 Å². The third-order valence-electron chi connectivity index (χ3n) is 4.88. The fourth-order valence-corrected chi connectivity index (χ4v) is 3.23. The fraction of sp³-hybridized carbons (Fsp3) is 0.850. The number of hydrogen-bond donors (Lipinski definition) is 0. The average molecular weight is 324 g/mol. The zero-order chi connectivity index (χ0) is 16.9. The summed E-state index contributed by atoms with van der Waals surface area (Å²) in [6, 6.07) is 0. The van der Waals surface area contributed by atoms with E-state index >= 15 is 0 Å². The highest BCUT2D eigenvalue weighted by atomic mass is 16.5. The Balaban J connectivity index is 2.04. The molecule has 0 radical (unpaired) electrons. The number of carbonyl (C=O) groups is 1. The van der Waals surface area contributed by atoms with Crippen LogP contribution >= 0.6 is 0 Å². The number of allylic oxidation sites excluding steroid dienone is 2. The summed E-state index contributed by atoms with van der Waals surface area (Å²) in [6.07, 6.45) is 14.4. The van der Waals surface area contributed by atoms with Crippen LogP contribution in [0.1, 0.15) is 72.1 Å². The molecule has 3 nitrogen and oxygen atoms in total. The number of amides is 1. The van der Waals surface area contributed by atoms with Gasteiger partial charge in [0.05, 0.1) is 13.2 Å². The van der Waals surface area contributed by atoms with Gasteiger partial charge in [-0.15, -0.1) is 0 Å². The summed E-state index contributed by atoms with van der Waals surface area (Å²) in [5, 5.41) is 0. The summed E-state index contributed by atoms with van der Waals surface area (Å²) >= 11 is 0. The summed E-state index contributed by atoms with van der Waals surface area (Å²) in [7, 11) is 0. The minimum Gasteiger partial charge on any atom is -0.378 e. The maximum absolute atomic E-state index is 12.3. The Bertz CT molecular complexity index is 335. The molecule has 0 saturated carbocycles. The van der Waals surface area contributed by atoms with E-state index in [0.717, 1.165) is 25.4 Å². The Hall–Kier alpha value is -0.830. The third kappa shape index (κ3) is 9.14. The van der Waals surface area contributed by atoms with Gasteiger partial charge >= 0.3 is 0 Å². The Morgan fingerprint density at radius 1 is 1.04 bits per heavy atom. The molecule has 1 heterocycles. The maximum atomic E-state index is 12.3. The number of ether oxygens (including phenoxy) is 1. The second kappa shape index (κ2) is 12.6. The van der Waals surface area contributed by atoms with Gasteiger partial charge in [-0.05, 0) is 32.1 Å². The minimum absolute atomic E-state index is 0.168. The van der Waals surface area contributed by atoms with Crippen molar-refractivity contribution in [3.05, 3.63) is 12.2 Å². The van der Waals surface area contributed by atoms with Crippen molar-refractivity contribution >= 4 is 5.91 Å². The zero-order valence-corrected chi connectivity index (χ0v) is 15.6. The molecule has 1 aliphatic rings. The molecule has 2 unspecified atom stereocenters. The smallest absolute Gasteiger partial charge is 0.225 e. The van der Waals surface area contributed by atoms with Crippen LogP contribution in [0, 0.1) is 11.8 Å². The number of hydrogen-bond acceptors (Lipinski definition) is 2. The van der Waals surface area contributed by atoms with Crippen molar-refractivity contribution in [3.63, 3.8) is 0 Å². The van der Waals surface area contributed by atoms with Crippen LogP contribution in [0.5, 0.6) is 0 Å². The van der Waals surface area contributed by atoms with Gasteiger partial charge in [0.1, 0.15) is 0 Å². The number of nitrogens with zero attached hydrogens (tertiary/aromatic N) is 1. The number of morpholine rings is 1. The average Bonchev–Trinajstić information content (AvgIpc) is 2.58. The van der Waals surface area contributed by atoms with Crippen LogP contribution in [-0.4, -0.2) is 37.1 Å². The molecule has 1 saturated heterocycles. The van der Waals surface area contributed by atoms with E-state index in [2.05, 4.69) is 32.9 Å². The van der Waals surface area contributed by atoms with E-state index in [0.29, 0.717) is 19.1 Å². The van der Waals surface area contributed by atoms with Gasteiger partial charge in [-0.2, -0.15) is 0 Å². The zero-order valence-electron chi connectivity index (χ0n) is 15.6.